The van der Waals surface area contributed by atoms with Gasteiger partial charge in [-0.2, -0.15) is 4.98 Å². The van der Waals surface area contributed by atoms with Crippen molar-refractivity contribution in [2.24, 2.45) is 11.5 Å². The van der Waals surface area contributed by atoms with Gasteiger partial charge in [0.2, 0.25) is 11.9 Å². The highest BCUT2D eigenvalue weighted by molar-refractivity contribution is 5.98. The second-order valence-electron chi connectivity index (χ2n) is 5.56. The van der Waals surface area contributed by atoms with E-state index in [9.17, 15) is 9.59 Å². The van der Waals surface area contributed by atoms with E-state index in [0.717, 1.165) is 11.3 Å². The highest BCUT2D eigenvalue weighted by Crippen LogP contribution is 2.23. The number of nitrogens with two attached hydrogens (primary N) is 2. The summed E-state index contributed by atoms with van der Waals surface area (Å²) in [6, 6.07) is 13.1. The molecule has 9 heteroatoms. The lowest BCUT2D eigenvalue weighted by molar-refractivity contribution is -0.116. The maximum Gasteiger partial charge on any atom is 0.254 e. The van der Waals surface area contributed by atoms with Crippen LogP contribution in [0, 0.1) is 0 Å². The molecule has 0 bridgehead atoms. The molecule has 0 aliphatic rings. The van der Waals surface area contributed by atoms with Crippen LogP contribution in [0.15, 0.2) is 54.9 Å². The van der Waals surface area contributed by atoms with Gasteiger partial charge in [-0.3, -0.25) is 14.6 Å². The zero-order valence-electron chi connectivity index (χ0n) is 14.2. The molecular weight excluding hydrogens is 346 g/mol. The smallest absolute Gasteiger partial charge is 0.254 e. The fraction of sp³-hybridized carbons (Fsp3) is 0.0556. The summed E-state index contributed by atoms with van der Waals surface area (Å²) in [5, 5.41) is 5.70. The Morgan fingerprint density at radius 1 is 1.00 bits per heavy atom. The summed E-state index contributed by atoms with van der Waals surface area (Å²) in [6.07, 6.45) is 3.01. The quantitative estimate of drug-likeness (QED) is 0.494. The van der Waals surface area contributed by atoms with E-state index in [1.54, 1.807) is 6.20 Å². The summed E-state index contributed by atoms with van der Waals surface area (Å²) < 4.78 is 0. The highest BCUT2D eigenvalue weighted by Gasteiger charge is 2.13. The molecule has 0 spiro atoms. The van der Waals surface area contributed by atoms with E-state index in [1.165, 1.54) is 6.20 Å². The van der Waals surface area contributed by atoms with Crippen molar-refractivity contribution in [3.63, 3.8) is 0 Å². The van der Waals surface area contributed by atoms with Crippen molar-refractivity contribution < 1.29 is 9.59 Å². The third kappa shape index (κ3) is 4.54. The van der Waals surface area contributed by atoms with Crippen molar-refractivity contribution >= 4 is 29.3 Å². The number of nitrogens with zero attached hydrogens (tertiary/aromatic N) is 3. The minimum absolute atomic E-state index is 0.119. The number of amides is 2. The molecule has 2 aromatic heterocycles. The summed E-state index contributed by atoms with van der Waals surface area (Å²) in [5.74, 6) is -0.872. The Morgan fingerprint density at radius 2 is 1.78 bits per heavy atom. The largest absolute Gasteiger partial charge is 0.368 e. The molecule has 0 unspecified atom stereocenters. The number of aromatic nitrogens is 3. The maximum atomic E-state index is 11.6. The molecule has 9 nitrogen and oxygen atoms in total. The topological polar surface area (TPSA) is 149 Å². The minimum atomic E-state index is -0.677. The lowest BCUT2D eigenvalue weighted by atomic mass is 10.1. The Bertz CT molecular complexity index is 959. The van der Waals surface area contributed by atoms with Gasteiger partial charge >= 0.3 is 0 Å². The van der Waals surface area contributed by atoms with Crippen molar-refractivity contribution in [3.05, 3.63) is 60.4 Å². The van der Waals surface area contributed by atoms with Crippen LogP contribution in [0.3, 0.4) is 0 Å². The second-order valence-corrected chi connectivity index (χ2v) is 5.56. The second kappa shape index (κ2) is 7.91. The molecule has 0 aliphatic heterocycles. The average Bonchev–Trinajstić information content (AvgIpc) is 2.67. The third-order valence-electron chi connectivity index (χ3n) is 3.58. The first-order valence-electron chi connectivity index (χ1n) is 8.00. The van der Waals surface area contributed by atoms with Crippen molar-refractivity contribution in [1.82, 2.24) is 15.0 Å². The molecule has 3 aromatic rings. The number of carbonyl (C=O) groups is 2. The molecule has 0 saturated carbocycles. The van der Waals surface area contributed by atoms with Crippen LogP contribution in [0.1, 0.15) is 10.4 Å². The van der Waals surface area contributed by atoms with Gasteiger partial charge in [0.05, 0.1) is 12.2 Å². The normalized spacial score (nSPS) is 10.2. The number of anilines is 3. The van der Waals surface area contributed by atoms with Crippen molar-refractivity contribution in [2.75, 3.05) is 17.2 Å². The predicted molar refractivity (Wildman–Crippen MR) is 101 cm³/mol. The Balaban J connectivity index is 1.83. The SMILES string of the molecule is NC(=O)CNc1ncc(C(N)=O)c(Nc2ccc(-c3ccccn3)cc2)n1. The Hall–Kier alpha value is -4.01. The first-order chi connectivity index (χ1) is 13.0. The van der Waals surface area contributed by atoms with E-state index in [0.29, 0.717) is 5.69 Å². The number of pyridine rings is 1. The van der Waals surface area contributed by atoms with Crippen LogP contribution in [0.25, 0.3) is 11.3 Å². The molecule has 2 heterocycles. The third-order valence-corrected chi connectivity index (χ3v) is 3.58. The molecule has 6 N–H and O–H groups in total. The van der Waals surface area contributed by atoms with E-state index in [4.69, 9.17) is 11.5 Å². The Labute approximate surface area is 154 Å². The van der Waals surface area contributed by atoms with Gasteiger partial charge in [0, 0.05) is 23.6 Å². The van der Waals surface area contributed by atoms with E-state index in [2.05, 4.69) is 25.6 Å². The van der Waals surface area contributed by atoms with Crippen LogP contribution >= 0.6 is 0 Å². The minimum Gasteiger partial charge on any atom is -0.368 e. The molecule has 1 aromatic carbocycles. The molecule has 0 aliphatic carbocycles. The fourth-order valence-corrected chi connectivity index (χ4v) is 2.30. The van der Waals surface area contributed by atoms with Gasteiger partial charge in [0.15, 0.2) is 0 Å². The molecule has 0 fully saturated rings. The molecule has 0 radical (unpaired) electrons. The van der Waals surface area contributed by atoms with E-state index in [1.807, 2.05) is 42.5 Å². The monoisotopic (exact) mass is 363 g/mol. The summed E-state index contributed by atoms with van der Waals surface area (Å²) in [5.41, 5.74) is 13.1. The molecule has 136 valence electrons. The van der Waals surface area contributed by atoms with Gasteiger partial charge in [-0.1, -0.05) is 18.2 Å². The fourth-order valence-electron chi connectivity index (χ4n) is 2.30. The van der Waals surface area contributed by atoms with Crippen LogP contribution in [0.2, 0.25) is 0 Å². The first kappa shape index (κ1) is 17.8. The van der Waals surface area contributed by atoms with Gasteiger partial charge in [0.25, 0.3) is 5.91 Å². The lowest BCUT2D eigenvalue weighted by Crippen LogP contribution is -2.23. The van der Waals surface area contributed by atoms with E-state index in [-0.39, 0.29) is 23.9 Å². The van der Waals surface area contributed by atoms with Crippen molar-refractivity contribution in [3.8, 4) is 11.3 Å². The van der Waals surface area contributed by atoms with Crippen LogP contribution in [-0.2, 0) is 4.79 Å². The molecule has 0 saturated heterocycles. The molecular formula is C18H17N7O2. The molecule has 2 amide bonds. The number of nitrogens with one attached hydrogen (secondary N) is 2. The Kier molecular flexibility index (Phi) is 5.22. The number of rotatable bonds is 7. The zero-order chi connectivity index (χ0) is 19.2. The Morgan fingerprint density at radius 3 is 2.41 bits per heavy atom. The van der Waals surface area contributed by atoms with Crippen LogP contribution in [-0.4, -0.2) is 33.3 Å². The van der Waals surface area contributed by atoms with Gasteiger partial charge in [0.1, 0.15) is 11.4 Å². The lowest BCUT2D eigenvalue weighted by Gasteiger charge is -2.11. The number of carbonyl (C=O) groups excluding carboxylic acids is 2. The van der Waals surface area contributed by atoms with Gasteiger partial charge < -0.3 is 22.1 Å². The maximum absolute atomic E-state index is 11.6. The summed E-state index contributed by atoms with van der Waals surface area (Å²) in [6.45, 7) is -0.131. The molecule has 3 rings (SSSR count). The van der Waals surface area contributed by atoms with Crippen LogP contribution < -0.4 is 22.1 Å². The van der Waals surface area contributed by atoms with E-state index >= 15 is 0 Å². The highest BCUT2D eigenvalue weighted by atomic mass is 16.1. The molecule has 0 atom stereocenters. The van der Waals surface area contributed by atoms with Gasteiger partial charge in [-0.25, -0.2) is 4.98 Å². The standard InChI is InChI=1S/C18H17N7O2/c19-15(26)10-23-18-22-9-13(16(20)27)17(25-18)24-12-6-4-11(5-7-12)14-3-1-2-8-21-14/h1-9H,10H2,(H2,19,26)(H2,20,27)(H2,22,23,24,25). The summed E-state index contributed by atoms with van der Waals surface area (Å²) in [7, 11) is 0. The average molecular weight is 363 g/mol. The van der Waals surface area contributed by atoms with Gasteiger partial charge in [-0.15, -0.1) is 0 Å². The number of benzene rings is 1. The van der Waals surface area contributed by atoms with Gasteiger partial charge in [-0.05, 0) is 24.3 Å². The van der Waals surface area contributed by atoms with Crippen LogP contribution in [0.5, 0.6) is 0 Å². The van der Waals surface area contributed by atoms with Crippen LogP contribution in [0.4, 0.5) is 17.5 Å². The zero-order valence-corrected chi connectivity index (χ0v) is 14.2. The predicted octanol–water partition coefficient (Wildman–Crippen LogP) is 1.28. The summed E-state index contributed by atoms with van der Waals surface area (Å²) in [4.78, 5) is 34.9. The van der Waals surface area contributed by atoms with Crippen molar-refractivity contribution in [1.29, 1.82) is 0 Å². The number of hydrogen-bond acceptors (Lipinski definition) is 7. The number of hydrogen-bond donors (Lipinski definition) is 4. The molecule has 27 heavy (non-hydrogen) atoms. The first-order valence-corrected chi connectivity index (χ1v) is 8.00. The summed E-state index contributed by atoms with van der Waals surface area (Å²) >= 11 is 0. The number of primary amides is 2. The van der Waals surface area contributed by atoms with Crippen molar-refractivity contribution in [2.45, 2.75) is 0 Å². The van der Waals surface area contributed by atoms with E-state index < -0.39 is 11.8 Å².